The van der Waals surface area contributed by atoms with Crippen LogP contribution in [0.5, 0.6) is 35.0 Å². The molecule has 0 spiro atoms. The van der Waals surface area contributed by atoms with Gasteiger partial charge in [0.05, 0.1) is 27.9 Å². The molecule has 0 amide bonds. The van der Waals surface area contributed by atoms with Crippen LogP contribution in [0.3, 0.4) is 0 Å². The summed E-state index contributed by atoms with van der Waals surface area (Å²) < 4.78 is 8.62. The van der Waals surface area contributed by atoms with Gasteiger partial charge in [-0.05, 0) is 68.1 Å². The minimum absolute atomic E-state index is 0.0611. The second kappa shape index (κ2) is 7.25. The Morgan fingerprint density at radius 1 is 0.571 bits per heavy atom. The zero-order valence-electron chi connectivity index (χ0n) is 20.7. The summed E-state index contributed by atoms with van der Waals surface area (Å²) in [5.74, 6) is 0.603. The van der Waals surface area contributed by atoms with Crippen LogP contribution in [0, 0.1) is 0 Å². The number of aromatic hydroxyl groups is 4. The standard InChI is InChI=1S/C28H30N2O5/c1-27(2,3)15-7-11-17(12-8-15)35-18-13-9-16(10-14-18)29-23(31)19-20(24(29)32)22-21(19)25(33)30(26(22)34)28(4,5)6/h7-14,31-34H,1-6H3. The molecule has 0 saturated heterocycles. The number of hydrogen-bond donors (Lipinski definition) is 4. The molecule has 2 aromatic carbocycles. The van der Waals surface area contributed by atoms with Crippen LogP contribution in [0.25, 0.3) is 27.9 Å². The molecule has 0 bridgehead atoms. The quantitative estimate of drug-likeness (QED) is 0.236. The number of nitrogens with zero attached hydrogens (tertiary/aromatic N) is 2. The molecule has 1 aliphatic carbocycles. The molecule has 7 nitrogen and oxygen atoms in total. The maximum Gasteiger partial charge on any atom is 0.207 e. The molecule has 4 N–H and O–H groups in total. The summed E-state index contributed by atoms with van der Waals surface area (Å²) in [4.78, 5) is 0. The van der Waals surface area contributed by atoms with Crippen LogP contribution < -0.4 is 4.74 Å². The molecule has 0 fully saturated rings. The Morgan fingerprint density at radius 2 is 0.971 bits per heavy atom. The van der Waals surface area contributed by atoms with E-state index >= 15 is 0 Å². The van der Waals surface area contributed by atoms with Gasteiger partial charge in [0.2, 0.25) is 23.5 Å². The molecular weight excluding hydrogens is 444 g/mol. The highest BCUT2D eigenvalue weighted by molar-refractivity contribution is 6.12. The number of hydrogen-bond acceptors (Lipinski definition) is 5. The van der Waals surface area contributed by atoms with Crippen molar-refractivity contribution in [3.63, 3.8) is 0 Å². The Morgan fingerprint density at radius 3 is 1.37 bits per heavy atom. The molecule has 5 rings (SSSR count). The summed E-state index contributed by atoms with van der Waals surface area (Å²) in [6.07, 6.45) is 0. The predicted octanol–water partition coefficient (Wildman–Crippen LogP) is 6.59. The minimum Gasteiger partial charge on any atom is -0.494 e. The average molecular weight is 475 g/mol. The normalized spacial score (nSPS) is 12.7. The predicted molar refractivity (Wildman–Crippen MR) is 135 cm³/mol. The van der Waals surface area contributed by atoms with Gasteiger partial charge >= 0.3 is 0 Å². The Kier molecular flexibility index (Phi) is 4.72. The van der Waals surface area contributed by atoms with Crippen LogP contribution in [-0.4, -0.2) is 29.6 Å². The van der Waals surface area contributed by atoms with E-state index in [0.29, 0.717) is 39.4 Å². The summed E-state index contributed by atoms with van der Waals surface area (Å²) in [6.45, 7) is 12.0. The number of fused-ring (bicyclic) bond motifs is 4. The summed E-state index contributed by atoms with van der Waals surface area (Å²) in [7, 11) is 0. The van der Waals surface area contributed by atoms with Crippen molar-refractivity contribution in [1.29, 1.82) is 0 Å². The van der Waals surface area contributed by atoms with Crippen LogP contribution in [0.15, 0.2) is 48.5 Å². The molecule has 0 atom stereocenters. The molecule has 7 heteroatoms. The van der Waals surface area contributed by atoms with E-state index in [1.807, 2.05) is 45.0 Å². The van der Waals surface area contributed by atoms with Crippen LogP contribution >= 0.6 is 0 Å². The number of aromatic nitrogens is 2. The van der Waals surface area contributed by atoms with E-state index in [0.717, 1.165) is 0 Å². The summed E-state index contributed by atoms with van der Waals surface area (Å²) in [5.41, 5.74) is 2.49. The smallest absolute Gasteiger partial charge is 0.207 e. The number of benzene rings is 2. The fraction of sp³-hybridized carbons (Fsp3) is 0.286. The maximum absolute atomic E-state index is 10.9. The van der Waals surface area contributed by atoms with Crippen molar-refractivity contribution in [3.05, 3.63) is 54.1 Å². The summed E-state index contributed by atoms with van der Waals surface area (Å²) in [6, 6.07) is 14.9. The molecule has 2 aromatic heterocycles. The lowest BCUT2D eigenvalue weighted by Gasteiger charge is -2.22. The van der Waals surface area contributed by atoms with Gasteiger partial charge in [0.25, 0.3) is 0 Å². The Balaban J connectivity index is 1.45. The van der Waals surface area contributed by atoms with Gasteiger partial charge in [-0.3, -0.25) is 9.13 Å². The average Bonchev–Trinajstić information content (AvgIpc) is 3.06. The van der Waals surface area contributed by atoms with Crippen molar-refractivity contribution in [2.45, 2.75) is 52.5 Å². The second-order valence-electron chi connectivity index (χ2n) is 11.0. The first-order chi connectivity index (χ1) is 16.3. The van der Waals surface area contributed by atoms with Crippen LogP contribution in [0.1, 0.15) is 47.1 Å². The van der Waals surface area contributed by atoms with Gasteiger partial charge in [0.15, 0.2) is 0 Å². The van der Waals surface area contributed by atoms with Crippen molar-refractivity contribution in [3.8, 4) is 63.0 Å². The van der Waals surface area contributed by atoms with Crippen LogP contribution in [0.2, 0.25) is 0 Å². The van der Waals surface area contributed by atoms with Crippen molar-refractivity contribution < 1.29 is 25.2 Å². The Hall–Kier alpha value is -4.00. The van der Waals surface area contributed by atoms with E-state index in [-0.39, 0.29) is 28.9 Å². The molecule has 0 aliphatic heterocycles. The van der Waals surface area contributed by atoms with E-state index in [9.17, 15) is 20.4 Å². The van der Waals surface area contributed by atoms with Crippen molar-refractivity contribution >= 4 is 0 Å². The highest BCUT2D eigenvalue weighted by Gasteiger charge is 2.44. The highest BCUT2D eigenvalue weighted by atomic mass is 16.5. The molecule has 182 valence electrons. The van der Waals surface area contributed by atoms with E-state index in [1.54, 1.807) is 24.3 Å². The van der Waals surface area contributed by atoms with Crippen molar-refractivity contribution in [2.24, 2.45) is 0 Å². The first-order valence-corrected chi connectivity index (χ1v) is 11.5. The molecule has 4 aromatic rings. The Bertz CT molecular complexity index is 1390. The van der Waals surface area contributed by atoms with Gasteiger partial charge in [0.1, 0.15) is 11.5 Å². The third-order valence-electron chi connectivity index (χ3n) is 6.46. The van der Waals surface area contributed by atoms with Gasteiger partial charge in [0, 0.05) is 5.54 Å². The summed E-state index contributed by atoms with van der Waals surface area (Å²) in [5, 5.41) is 43.4. The third-order valence-corrected chi connectivity index (χ3v) is 6.46. The molecular formula is C28H30N2O5. The molecule has 1 aliphatic rings. The van der Waals surface area contributed by atoms with Gasteiger partial charge in [-0.15, -0.1) is 0 Å². The second-order valence-corrected chi connectivity index (χ2v) is 11.0. The van der Waals surface area contributed by atoms with Gasteiger partial charge < -0.3 is 25.2 Å². The minimum atomic E-state index is -0.589. The number of rotatable bonds is 3. The van der Waals surface area contributed by atoms with Crippen molar-refractivity contribution in [1.82, 2.24) is 9.13 Å². The molecule has 0 radical (unpaired) electrons. The largest absolute Gasteiger partial charge is 0.494 e. The fourth-order valence-electron chi connectivity index (χ4n) is 4.68. The van der Waals surface area contributed by atoms with Gasteiger partial charge in [-0.2, -0.15) is 0 Å². The first kappa shape index (κ1) is 22.8. The zero-order chi connectivity index (χ0) is 25.4. The molecule has 0 unspecified atom stereocenters. The van der Waals surface area contributed by atoms with Crippen LogP contribution in [0.4, 0.5) is 0 Å². The van der Waals surface area contributed by atoms with Crippen LogP contribution in [-0.2, 0) is 11.0 Å². The van der Waals surface area contributed by atoms with Crippen molar-refractivity contribution in [2.75, 3.05) is 0 Å². The monoisotopic (exact) mass is 474 g/mol. The number of ether oxygens (including phenoxy) is 1. The zero-order valence-corrected chi connectivity index (χ0v) is 20.7. The van der Waals surface area contributed by atoms with Gasteiger partial charge in [-0.1, -0.05) is 32.9 Å². The van der Waals surface area contributed by atoms with E-state index in [1.165, 1.54) is 14.7 Å². The lowest BCUT2D eigenvalue weighted by molar-refractivity contribution is 0.285. The summed E-state index contributed by atoms with van der Waals surface area (Å²) >= 11 is 0. The topological polar surface area (TPSA) is 100 Å². The first-order valence-electron chi connectivity index (χ1n) is 11.5. The van der Waals surface area contributed by atoms with E-state index in [2.05, 4.69) is 20.8 Å². The van der Waals surface area contributed by atoms with E-state index in [4.69, 9.17) is 4.74 Å². The van der Waals surface area contributed by atoms with Gasteiger partial charge in [-0.25, -0.2) is 0 Å². The Labute approximate surface area is 204 Å². The fourth-order valence-corrected chi connectivity index (χ4v) is 4.68. The lowest BCUT2D eigenvalue weighted by Crippen LogP contribution is -2.20. The third kappa shape index (κ3) is 3.33. The highest BCUT2D eigenvalue weighted by Crippen LogP contribution is 2.66. The SMILES string of the molecule is CC(C)(C)c1ccc(Oc2ccc(-n3c(O)c4c(c3O)-c3c-4c(O)n(C(C)(C)C)c3O)cc2)cc1. The maximum atomic E-state index is 10.9. The lowest BCUT2D eigenvalue weighted by atomic mass is 9.86. The molecule has 0 saturated carbocycles. The molecule has 2 heterocycles. The van der Waals surface area contributed by atoms with E-state index < -0.39 is 5.54 Å². The molecule has 35 heavy (non-hydrogen) atoms.